The van der Waals surface area contributed by atoms with Gasteiger partial charge in [-0.15, -0.1) is 0 Å². The Bertz CT molecular complexity index is 298. The third-order valence-corrected chi connectivity index (χ3v) is 4.17. The second kappa shape index (κ2) is 4.58. The predicted molar refractivity (Wildman–Crippen MR) is 64.7 cm³/mol. The Morgan fingerprint density at radius 1 is 1.35 bits per heavy atom. The Morgan fingerprint density at radius 3 is 2.76 bits per heavy atom. The highest BCUT2D eigenvalue weighted by atomic mass is 16.5. The molecule has 1 heterocycles. The van der Waals surface area contributed by atoms with Crippen molar-refractivity contribution in [3.63, 3.8) is 0 Å². The molecule has 1 unspecified atom stereocenters. The highest BCUT2D eigenvalue weighted by molar-refractivity contribution is 5.84. The number of hydrogen-bond acceptors (Lipinski definition) is 3. The van der Waals surface area contributed by atoms with Crippen LogP contribution in [-0.4, -0.2) is 48.2 Å². The summed E-state index contributed by atoms with van der Waals surface area (Å²) in [5.74, 6) is 0.330. The zero-order chi connectivity index (χ0) is 11.8. The minimum Gasteiger partial charge on any atom is -0.378 e. The van der Waals surface area contributed by atoms with Crippen LogP contribution in [0.2, 0.25) is 0 Å². The van der Waals surface area contributed by atoms with Gasteiger partial charge in [-0.2, -0.15) is 0 Å². The van der Waals surface area contributed by atoms with Gasteiger partial charge in [-0.25, -0.2) is 0 Å². The molecule has 2 saturated carbocycles. The second-order valence-corrected chi connectivity index (χ2v) is 5.52. The normalized spacial score (nSPS) is 37.4. The van der Waals surface area contributed by atoms with E-state index in [0.29, 0.717) is 24.1 Å². The molecule has 0 radical (unpaired) electrons. The van der Waals surface area contributed by atoms with Gasteiger partial charge < -0.3 is 15.0 Å². The van der Waals surface area contributed by atoms with Crippen molar-refractivity contribution in [1.29, 1.82) is 0 Å². The molecule has 3 aliphatic rings. The number of nitrogens with one attached hydrogen (secondary N) is 1. The molecule has 1 aliphatic heterocycles. The van der Waals surface area contributed by atoms with Gasteiger partial charge in [0.1, 0.15) is 0 Å². The highest BCUT2D eigenvalue weighted by Gasteiger charge is 2.43. The van der Waals surface area contributed by atoms with Gasteiger partial charge in [-0.05, 0) is 39.0 Å². The minimum atomic E-state index is 0.105. The fourth-order valence-corrected chi connectivity index (χ4v) is 2.92. The Kier molecular flexibility index (Phi) is 3.09. The summed E-state index contributed by atoms with van der Waals surface area (Å²) in [4.78, 5) is 14.3. The van der Waals surface area contributed by atoms with E-state index in [1.165, 1.54) is 12.8 Å². The number of hydrogen-bond donors (Lipinski definition) is 1. The fraction of sp³-hybridized carbons (Fsp3) is 0.923. The Labute approximate surface area is 103 Å². The van der Waals surface area contributed by atoms with Crippen LogP contribution in [0.15, 0.2) is 0 Å². The molecular weight excluding hydrogens is 216 g/mol. The molecule has 4 heteroatoms. The van der Waals surface area contributed by atoms with Crippen LogP contribution in [0.3, 0.4) is 0 Å². The van der Waals surface area contributed by atoms with E-state index in [0.717, 1.165) is 32.4 Å². The number of ether oxygens (including phenoxy) is 1. The van der Waals surface area contributed by atoms with Crippen LogP contribution in [0.25, 0.3) is 0 Å². The molecule has 0 bridgehead atoms. The first-order valence-corrected chi connectivity index (χ1v) is 6.96. The Hall–Kier alpha value is -0.610. The summed E-state index contributed by atoms with van der Waals surface area (Å²) in [6.45, 7) is 3.76. The van der Waals surface area contributed by atoms with Crippen LogP contribution >= 0.6 is 0 Å². The molecule has 3 fully saturated rings. The van der Waals surface area contributed by atoms with E-state index in [2.05, 4.69) is 10.2 Å². The number of rotatable bonds is 5. The van der Waals surface area contributed by atoms with Crippen LogP contribution in [0, 0.1) is 0 Å². The van der Waals surface area contributed by atoms with E-state index >= 15 is 0 Å². The predicted octanol–water partition coefficient (Wildman–Crippen LogP) is 0.907. The topological polar surface area (TPSA) is 41.6 Å². The summed E-state index contributed by atoms with van der Waals surface area (Å²) in [5.41, 5.74) is 0. The van der Waals surface area contributed by atoms with Crippen molar-refractivity contribution in [2.45, 2.75) is 63.3 Å². The van der Waals surface area contributed by atoms with Gasteiger partial charge in [0.25, 0.3) is 0 Å². The fourth-order valence-electron chi connectivity index (χ4n) is 2.92. The lowest BCUT2D eigenvalue weighted by Crippen LogP contribution is -2.51. The molecule has 17 heavy (non-hydrogen) atoms. The lowest BCUT2D eigenvalue weighted by molar-refractivity contribution is -0.136. The summed E-state index contributed by atoms with van der Waals surface area (Å²) in [6, 6.07) is 1.18. The van der Waals surface area contributed by atoms with Gasteiger partial charge in [0.05, 0.1) is 12.1 Å². The first-order valence-electron chi connectivity index (χ1n) is 6.96. The van der Waals surface area contributed by atoms with E-state index in [1.807, 2.05) is 6.92 Å². The third kappa shape index (κ3) is 2.33. The zero-order valence-corrected chi connectivity index (χ0v) is 10.5. The van der Waals surface area contributed by atoms with E-state index in [9.17, 15) is 4.79 Å². The van der Waals surface area contributed by atoms with Crippen molar-refractivity contribution >= 4 is 5.91 Å². The van der Waals surface area contributed by atoms with Crippen LogP contribution in [-0.2, 0) is 9.53 Å². The monoisotopic (exact) mass is 238 g/mol. The number of carbonyl (C=O) groups is 1. The molecular formula is C13H22N2O2. The molecule has 0 aromatic rings. The Morgan fingerprint density at radius 2 is 2.12 bits per heavy atom. The highest BCUT2D eigenvalue weighted by Crippen LogP contribution is 2.32. The van der Waals surface area contributed by atoms with Crippen molar-refractivity contribution in [3.8, 4) is 0 Å². The van der Waals surface area contributed by atoms with E-state index in [1.54, 1.807) is 0 Å². The molecule has 1 saturated heterocycles. The molecule has 0 aromatic heterocycles. The molecule has 96 valence electrons. The first kappa shape index (κ1) is 11.5. The largest absolute Gasteiger partial charge is 0.378 e. The molecule has 1 N–H and O–H groups in total. The molecule has 1 amide bonds. The lowest BCUT2D eigenvalue weighted by Gasteiger charge is -2.40. The number of nitrogens with zero attached hydrogens (tertiary/aromatic N) is 1. The van der Waals surface area contributed by atoms with Crippen molar-refractivity contribution in [2.75, 3.05) is 13.2 Å². The first-order chi connectivity index (χ1) is 8.28. The zero-order valence-electron chi connectivity index (χ0n) is 10.5. The number of likely N-dealkylation sites (tertiary alicyclic amines) is 1. The molecule has 0 aromatic carbocycles. The lowest BCUT2D eigenvalue weighted by atomic mass is 9.88. The van der Waals surface area contributed by atoms with Crippen LogP contribution < -0.4 is 5.32 Å². The van der Waals surface area contributed by atoms with Gasteiger partial charge in [0, 0.05) is 25.2 Å². The van der Waals surface area contributed by atoms with Gasteiger partial charge in [-0.3, -0.25) is 4.79 Å². The van der Waals surface area contributed by atoms with E-state index in [4.69, 9.17) is 4.74 Å². The minimum absolute atomic E-state index is 0.105. The second-order valence-electron chi connectivity index (χ2n) is 5.52. The standard InChI is InChI=1S/C13H22N2O2/c1-2-17-11-7-10(8-11)15-6-5-12(13(15)16)14-9-3-4-9/h9-12,14H,2-8H2,1H3. The summed E-state index contributed by atoms with van der Waals surface area (Å²) in [6.07, 6.45) is 5.96. The number of amides is 1. The molecule has 1 atom stereocenters. The van der Waals surface area contributed by atoms with E-state index in [-0.39, 0.29) is 6.04 Å². The van der Waals surface area contributed by atoms with E-state index < -0.39 is 0 Å². The average Bonchev–Trinajstić information content (AvgIpc) is 3.00. The number of carbonyl (C=O) groups excluding carboxylic acids is 1. The van der Waals surface area contributed by atoms with Crippen LogP contribution in [0.4, 0.5) is 0 Å². The quantitative estimate of drug-likeness (QED) is 0.774. The van der Waals surface area contributed by atoms with Gasteiger partial charge in [0.15, 0.2) is 0 Å². The van der Waals surface area contributed by atoms with Gasteiger partial charge in [0.2, 0.25) is 5.91 Å². The van der Waals surface area contributed by atoms with Crippen molar-refractivity contribution in [3.05, 3.63) is 0 Å². The SMILES string of the molecule is CCOC1CC(N2CCC(NC3CC3)C2=O)C1. The molecule has 2 aliphatic carbocycles. The van der Waals surface area contributed by atoms with Gasteiger partial charge in [-0.1, -0.05) is 0 Å². The van der Waals surface area contributed by atoms with Crippen molar-refractivity contribution in [2.24, 2.45) is 0 Å². The molecule has 3 rings (SSSR count). The van der Waals surface area contributed by atoms with Crippen molar-refractivity contribution < 1.29 is 9.53 Å². The maximum absolute atomic E-state index is 12.2. The smallest absolute Gasteiger partial charge is 0.240 e. The summed E-state index contributed by atoms with van der Waals surface area (Å²) in [7, 11) is 0. The van der Waals surface area contributed by atoms with Crippen LogP contribution in [0.5, 0.6) is 0 Å². The van der Waals surface area contributed by atoms with Crippen molar-refractivity contribution in [1.82, 2.24) is 10.2 Å². The molecule has 4 nitrogen and oxygen atoms in total. The summed E-state index contributed by atoms with van der Waals surface area (Å²) < 4.78 is 5.55. The third-order valence-electron chi connectivity index (χ3n) is 4.17. The van der Waals surface area contributed by atoms with Gasteiger partial charge >= 0.3 is 0 Å². The maximum atomic E-state index is 12.2. The van der Waals surface area contributed by atoms with Crippen LogP contribution in [0.1, 0.15) is 39.0 Å². The molecule has 0 spiro atoms. The Balaban J connectivity index is 1.47. The maximum Gasteiger partial charge on any atom is 0.240 e. The average molecular weight is 238 g/mol. The summed E-state index contributed by atoms with van der Waals surface area (Å²) in [5, 5.41) is 3.45. The summed E-state index contributed by atoms with van der Waals surface area (Å²) >= 11 is 0.